The molecule has 1 saturated heterocycles. The molecule has 0 aromatic rings. The lowest BCUT2D eigenvalue weighted by atomic mass is 10.0. The van der Waals surface area contributed by atoms with Crippen molar-refractivity contribution in [1.29, 1.82) is 0 Å². The van der Waals surface area contributed by atoms with E-state index in [0.29, 0.717) is 25.7 Å². The summed E-state index contributed by atoms with van der Waals surface area (Å²) in [5.41, 5.74) is 0. The number of amides is 2. The fourth-order valence-electron chi connectivity index (χ4n) is 2.19. The van der Waals surface area contributed by atoms with E-state index in [1.165, 1.54) is 6.42 Å². The van der Waals surface area contributed by atoms with E-state index in [1.807, 2.05) is 18.7 Å². The Balaban J connectivity index is 2.29. The maximum absolute atomic E-state index is 12.0. The van der Waals surface area contributed by atoms with Crippen LogP contribution in [0.2, 0.25) is 0 Å². The number of hydrogen-bond donors (Lipinski definition) is 1. The standard InChI is InChI=1S/C13H26N2O3/c1-4-17-12(18-5-2)9-14-13(16)15-8-6-7-11(3)10-15/h11-12H,4-10H2,1-3H3,(H,14,16). The zero-order chi connectivity index (χ0) is 13.4. The molecule has 0 aromatic heterocycles. The SMILES string of the molecule is CCOC(CNC(=O)N1CCCC(C)C1)OCC. The van der Waals surface area contributed by atoms with Crippen molar-refractivity contribution in [3.8, 4) is 0 Å². The van der Waals surface area contributed by atoms with Crippen LogP contribution in [0.5, 0.6) is 0 Å². The summed E-state index contributed by atoms with van der Waals surface area (Å²) >= 11 is 0. The predicted octanol–water partition coefficient (Wildman–Crippen LogP) is 1.83. The van der Waals surface area contributed by atoms with Gasteiger partial charge in [0, 0.05) is 26.3 Å². The minimum absolute atomic E-state index is 0.00837. The molecule has 1 heterocycles. The Morgan fingerprint density at radius 1 is 1.39 bits per heavy atom. The monoisotopic (exact) mass is 258 g/mol. The second kappa shape index (κ2) is 8.32. The number of ether oxygens (including phenoxy) is 2. The van der Waals surface area contributed by atoms with Crippen molar-refractivity contribution in [1.82, 2.24) is 10.2 Å². The van der Waals surface area contributed by atoms with Crippen LogP contribution in [0.3, 0.4) is 0 Å². The average molecular weight is 258 g/mol. The molecular weight excluding hydrogens is 232 g/mol. The minimum atomic E-state index is -0.342. The highest BCUT2D eigenvalue weighted by molar-refractivity contribution is 5.74. The molecule has 0 bridgehead atoms. The number of carbonyl (C=O) groups is 1. The summed E-state index contributed by atoms with van der Waals surface area (Å²) in [7, 11) is 0. The molecule has 0 saturated carbocycles. The molecule has 0 aromatic carbocycles. The normalized spacial score (nSPS) is 20.2. The fourth-order valence-corrected chi connectivity index (χ4v) is 2.19. The molecule has 0 aliphatic carbocycles. The van der Waals surface area contributed by atoms with Crippen molar-refractivity contribution in [2.75, 3.05) is 32.8 Å². The van der Waals surface area contributed by atoms with E-state index in [4.69, 9.17) is 9.47 Å². The third kappa shape index (κ3) is 5.23. The van der Waals surface area contributed by atoms with Crippen LogP contribution in [0.4, 0.5) is 4.79 Å². The Hall–Kier alpha value is -0.810. The summed E-state index contributed by atoms with van der Waals surface area (Å²) in [6, 6.07) is -0.00837. The number of hydrogen-bond acceptors (Lipinski definition) is 3. The quantitative estimate of drug-likeness (QED) is 0.739. The summed E-state index contributed by atoms with van der Waals surface area (Å²) in [6.45, 7) is 9.29. The van der Waals surface area contributed by atoms with Gasteiger partial charge in [-0.3, -0.25) is 0 Å². The van der Waals surface area contributed by atoms with Crippen molar-refractivity contribution in [3.63, 3.8) is 0 Å². The predicted molar refractivity (Wildman–Crippen MR) is 70.4 cm³/mol. The molecule has 1 rings (SSSR count). The van der Waals surface area contributed by atoms with E-state index in [1.54, 1.807) is 0 Å². The van der Waals surface area contributed by atoms with Crippen molar-refractivity contribution in [3.05, 3.63) is 0 Å². The van der Waals surface area contributed by atoms with Crippen molar-refractivity contribution >= 4 is 6.03 Å². The van der Waals surface area contributed by atoms with E-state index in [9.17, 15) is 4.79 Å². The zero-order valence-corrected chi connectivity index (χ0v) is 11.8. The Bertz CT molecular complexity index is 242. The van der Waals surface area contributed by atoms with Gasteiger partial charge in [0.2, 0.25) is 0 Å². The molecule has 1 aliphatic rings. The molecule has 1 N–H and O–H groups in total. The highest BCUT2D eigenvalue weighted by atomic mass is 16.7. The lowest BCUT2D eigenvalue weighted by Crippen LogP contribution is -2.47. The van der Waals surface area contributed by atoms with Gasteiger partial charge in [0.25, 0.3) is 0 Å². The first-order chi connectivity index (χ1) is 8.67. The number of rotatable bonds is 6. The maximum atomic E-state index is 12.0. The number of urea groups is 1. The average Bonchev–Trinajstić information content (AvgIpc) is 2.36. The van der Waals surface area contributed by atoms with E-state index >= 15 is 0 Å². The van der Waals surface area contributed by atoms with Crippen LogP contribution >= 0.6 is 0 Å². The van der Waals surface area contributed by atoms with E-state index in [0.717, 1.165) is 19.5 Å². The molecule has 106 valence electrons. The third-order valence-electron chi connectivity index (χ3n) is 3.07. The van der Waals surface area contributed by atoms with Gasteiger partial charge in [-0.1, -0.05) is 6.92 Å². The number of likely N-dealkylation sites (tertiary alicyclic amines) is 1. The summed E-state index contributed by atoms with van der Waals surface area (Å²) in [4.78, 5) is 13.8. The number of nitrogens with zero attached hydrogens (tertiary/aromatic N) is 1. The topological polar surface area (TPSA) is 50.8 Å². The van der Waals surface area contributed by atoms with Gasteiger partial charge in [0.15, 0.2) is 6.29 Å². The third-order valence-corrected chi connectivity index (χ3v) is 3.07. The van der Waals surface area contributed by atoms with Gasteiger partial charge in [-0.2, -0.15) is 0 Å². The number of nitrogens with one attached hydrogen (secondary N) is 1. The molecule has 5 heteroatoms. The van der Waals surface area contributed by atoms with Gasteiger partial charge in [0.05, 0.1) is 6.54 Å². The first-order valence-electron chi connectivity index (χ1n) is 6.93. The summed E-state index contributed by atoms with van der Waals surface area (Å²) in [5.74, 6) is 0.596. The van der Waals surface area contributed by atoms with Crippen LogP contribution in [0.1, 0.15) is 33.6 Å². The number of carbonyl (C=O) groups excluding carboxylic acids is 1. The number of piperidine rings is 1. The molecule has 2 amide bonds. The van der Waals surface area contributed by atoms with Crippen LogP contribution in [-0.2, 0) is 9.47 Å². The Morgan fingerprint density at radius 3 is 2.61 bits per heavy atom. The van der Waals surface area contributed by atoms with Gasteiger partial charge >= 0.3 is 6.03 Å². The molecule has 1 atom stereocenters. The van der Waals surface area contributed by atoms with Gasteiger partial charge in [-0.15, -0.1) is 0 Å². The highest BCUT2D eigenvalue weighted by Gasteiger charge is 2.21. The van der Waals surface area contributed by atoms with Crippen molar-refractivity contribution < 1.29 is 14.3 Å². The van der Waals surface area contributed by atoms with Crippen LogP contribution in [-0.4, -0.2) is 50.1 Å². The maximum Gasteiger partial charge on any atom is 0.317 e. The van der Waals surface area contributed by atoms with E-state index in [2.05, 4.69) is 12.2 Å². The van der Waals surface area contributed by atoms with Gasteiger partial charge < -0.3 is 19.7 Å². The Morgan fingerprint density at radius 2 is 2.06 bits per heavy atom. The fraction of sp³-hybridized carbons (Fsp3) is 0.923. The van der Waals surface area contributed by atoms with Gasteiger partial charge in [-0.05, 0) is 32.6 Å². The van der Waals surface area contributed by atoms with Crippen molar-refractivity contribution in [2.24, 2.45) is 5.92 Å². The second-order valence-corrected chi connectivity index (χ2v) is 4.72. The van der Waals surface area contributed by atoms with Crippen LogP contribution in [0, 0.1) is 5.92 Å². The Labute approximate surface area is 110 Å². The summed E-state index contributed by atoms with van der Waals surface area (Å²) in [6.07, 6.45) is 1.96. The minimum Gasteiger partial charge on any atom is -0.351 e. The first kappa shape index (κ1) is 15.2. The molecule has 0 spiro atoms. The lowest BCUT2D eigenvalue weighted by Gasteiger charge is -2.31. The largest absolute Gasteiger partial charge is 0.351 e. The van der Waals surface area contributed by atoms with E-state index in [-0.39, 0.29) is 12.3 Å². The van der Waals surface area contributed by atoms with Crippen LogP contribution in [0.25, 0.3) is 0 Å². The summed E-state index contributed by atoms with van der Waals surface area (Å²) in [5, 5.41) is 2.88. The molecule has 0 radical (unpaired) electrons. The lowest BCUT2D eigenvalue weighted by molar-refractivity contribution is -0.131. The van der Waals surface area contributed by atoms with Gasteiger partial charge in [0.1, 0.15) is 0 Å². The van der Waals surface area contributed by atoms with Crippen LogP contribution in [0.15, 0.2) is 0 Å². The zero-order valence-electron chi connectivity index (χ0n) is 11.8. The summed E-state index contributed by atoms with van der Waals surface area (Å²) < 4.78 is 10.8. The smallest absolute Gasteiger partial charge is 0.317 e. The highest BCUT2D eigenvalue weighted by Crippen LogP contribution is 2.15. The van der Waals surface area contributed by atoms with E-state index < -0.39 is 0 Å². The van der Waals surface area contributed by atoms with Gasteiger partial charge in [-0.25, -0.2) is 4.79 Å². The first-order valence-corrected chi connectivity index (χ1v) is 6.93. The molecule has 1 fully saturated rings. The molecule has 1 unspecified atom stereocenters. The Kier molecular flexibility index (Phi) is 7.05. The molecule has 1 aliphatic heterocycles. The molecule has 5 nitrogen and oxygen atoms in total. The molecule has 18 heavy (non-hydrogen) atoms. The van der Waals surface area contributed by atoms with Crippen molar-refractivity contribution in [2.45, 2.75) is 39.9 Å². The molecular formula is C13H26N2O3. The van der Waals surface area contributed by atoms with Crippen LogP contribution < -0.4 is 5.32 Å². The second-order valence-electron chi connectivity index (χ2n) is 4.72.